The number of tetrazole rings is 1. The highest BCUT2D eigenvalue weighted by Crippen LogP contribution is 2.28. The monoisotopic (exact) mass is 323 g/mol. The maximum Gasteiger partial charge on any atom is 0.183 e. The number of rotatable bonds is 4. The third kappa shape index (κ3) is 3.12. The van der Waals surface area contributed by atoms with E-state index in [1.807, 2.05) is 22.9 Å². The molecule has 5 nitrogen and oxygen atoms in total. The van der Waals surface area contributed by atoms with Gasteiger partial charge in [0, 0.05) is 22.3 Å². The Morgan fingerprint density at radius 3 is 2.74 bits per heavy atom. The number of halogens is 1. The van der Waals surface area contributed by atoms with Gasteiger partial charge in [0.1, 0.15) is 0 Å². The lowest BCUT2D eigenvalue weighted by atomic mass is 9.98. The predicted molar refractivity (Wildman–Crippen MR) is 79.4 cm³/mol. The molecule has 2 aromatic rings. The fraction of sp³-hybridized carbons (Fsp3) is 0.462. The van der Waals surface area contributed by atoms with Gasteiger partial charge in [-0.05, 0) is 40.5 Å². The number of nitrogen functional groups attached to an aromatic ring is 1. The predicted octanol–water partition coefficient (Wildman–Crippen LogP) is 2.98. The van der Waals surface area contributed by atoms with Gasteiger partial charge in [0.2, 0.25) is 0 Å². The van der Waals surface area contributed by atoms with Crippen LogP contribution in [0.2, 0.25) is 0 Å². The van der Waals surface area contributed by atoms with Crippen LogP contribution in [0, 0.1) is 11.8 Å². The van der Waals surface area contributed by atoms with Crippen molar-refractivity contribution in [3.05, 3.63) is 22.7 Å². The maximum atomic E-state index is 5.83. The zero-order chi connectivity index (χ0) is 14.0. The van der Waals surface area contributed by atoms with Crippen molar-refractivity contribution in [2.45, 2.75) is 27.3 Å². The molecular formula is C13H18BrN5. The Kier molecular flexibility index (Phi) is 4.19. The molecule has 0 saturated heterocycles. The zero-order valence-corrected chi connectivity index (χ0v) is 12.9. The number of nitrogens with zero attached hydrogens (tertiary/aromatic N) is 4. The Hall–Kier alpha value is -1.43. The van der Waals surface area contributed by atoms with E-state index in [9.17, 15) is 0 Å². The summed E-state index contributed by atoms with van der Waals surface area (Å²) in [4.78, 5) is 0. The van der Waals surface area contributed by atoms with Gasteiger partial charge < -0.3 is 5.73 Å². The van der Waals surface area contributed by atoms with E-state index in [1.165, 1.54) is 0 Å². The van der Waals surface area contributed by atoms with Gasteiger partial charge in [0.15, 0.2) is 5.82 Å². The van der Waals surface area contributed by atoms with Gasteiger partial charge in [0.05, 0.1) is 0 Å². The average molecular weight is 324 g/mol. The summed E-state index contributed by atoms with van der Waals surface area (Å²) in [6.07, 6.45) is 0. The Morgan fingerprint density at radius 2 is 2.05 bits per heavy atom. The van der Waals surface area contributed by atoms with Crippen LogP contribution in [0.25, 0.3) is 11.4 Å². The zero-order valence-electron chi connectivity index (χ0n) is 11.3. The number of hydrogen-bond acceptors (Lipinski definition) is 4. The molecule has 0 bridgehead atoms. The maximum absolute atomic E-state index is 5.83. The van der Waals surface area contributed by atoms with Crippen LogP contribution >= 0.6 is 15.9 Å². The van der Waals surface area contributed by atoms with Crippen LogP contribution in [0.1, 0.15) is 20.8 Å². The van der Waals surface area contributed by atoms with E-state index in [-0.39, 0.29) is 0 Å². The number of benzene rings is 1. The second-order valence-corrected chi connectivity index (χ2v) is 6.00. The molecule has 0 aliphatic heterocycles. The molecule has 19 heavy (non-hydrogen) atoms. The minimum Gasteiger partial charge on any atom is -0.399 e. The Balaban J connectivity index is 2.36. The summed E-state index contributed by atoms with van der Waals surface area (Å²) in [5.41, 5.74) is 7.45. The largest absolute Gasteiger partial charge is 0.399 e. The Labute approximate surface area is 121 Å². The smallest absolute Gasteiger partial charge is 0.183 e. The van der Waals surface area contributed by atoms with Crippen LogP contribution in [-0.2, 0) is 6.54 Å². The van der Waals surface area contributed by atoms with Gasteiger partial charge in [-0.2, -0.15) is 0 Å². The first-order chi connectivity index (χ1) is 8.99. The topological polar surface area (TPSA) is 69.6 Å². The first-order valence-corrected chi connectivity index (χ1v) is 7.10. The number of anilines is 1. The number of hydrogen-bond donors (Lipinski definition) is 1. The minimum absolute atomic E-state index is 0.502. The van der Waals surface area contributed by atoms with Gasteiger partial charge in [0.25, 0.3) is 0 Å². The van der Waals surface area contributed by atoms with E-state index in [4.69, 9.17) is 5.73 Å². The molecule has 102 valence electrons. The quantitative estimate of drug-likeness (QED) is 0.878. The third-order valence-corrected chi connectivity index (χ3v) is 4.05. The summed E-state index contributed by atoms with van der Waals surface area (Å²) in [7, 11) is 0. The SMILES string of the molecule is CC(C)C(C)Cn1nnnc1-c1cc(N)ccc1Br. The fourth-order valence-corrected chi connectivity index (χ4v) is 2.14. The molecule has 2 rings (SSSR count). The summed E-state index contributed by atoms with van der Waals surface area (Å²) < 4.78 is 2.78. The van der Waals surface area contributed by atoms with E-state index in [1.54, 1.807) is 0 Å². The lowest BCUT2D eigenvalue weighted by Crippen LogP contribution is -2.15. The van der Waals surface area contributed by atoms with Crippen LogP contribution in [0.3, 0.4) is 0 Å². The van der Waals surface area contributed by atoms with E-state index in [2.05, 4.69) is 52.2 Å². The highest BCUT2D eigenvalue weighted by molar-refractivity contribution is 9.10. The molecule has 6 heteroatoms. The van der Waals surface area contributed by atoms with Crippen LogP contribution in [0.15, 0.2) is 22.7 Å². The Morgan fingerprint density at radius 1 is 1.32 bits per heavy atom. The second-order valence-electron chi connectivity index (χ2n) is 5.15. The number of nitrogens with two attached hydrogens (primary N) is 1. The molecule has 0 aliphatic carbocycles. The van der Waals surface area contributed by atoms with Gasteiger partial charge >= 0.3 is 0 Å². The summed E-state index contributed by atoms with van der Waals surface area (Å²) in [6, 6.07) is 5.64. The van der Waals surface area contributed by atoms with E-state index in [0.29, 0.717) is 17.5 Å². The van der Waals surface area contributed by atoms with Crippen LogP contribution in [0.4, 0.5) is 5.69 Å². The Bertz CT molecular complexity index is 564. The highest BCUT2D eigenvalue weighted by Gasteiger charge is 2.16. The third-order valence-electron chi connectivity index (χ3n) is 3.36. The summed E-state index contributed by atoms with van der Waals surface area (Å²) in [5.74, 6) is 1.83. The van der Waals surface area contributed by atoms with Crippen molar-refractivity contribution in [3.8, 4) is 11.4 Å². The van der Waals surface area contributed by atoms with E-state index >= 15 is 0 Å². The minimum atomic E-state index is 0.502. The molecule has 1 atom stereocenters. The van der Waals surface area contributed by atoms with Gasteiger partial charge in [-0.25, -0.2) is 4.68 Å². The van der Waals surface area contributed by atoms with Crippen molar-refractivity contribution < 1.29 is 0 Å². The van der Waals surface area contributed by atoms with Crippen LogP contribution in [0.5, 0.6) is 0 Å². The van der Waals surface area contributed by atoms with Crippen molar-refractivity contribution in [3.63, 3.8) is 0 Å². The van der Waals surface area contributed by atoms with E-state index in [0.717, 1.165) is 22.4 Å². The number of aromatic nitrogens is 4. The van der Waals surface area contributed by atoms with Crippen molar-refractivity contribution in [1.82, 2.24) is 20.2 Å². The van der Waals surface area contributed by atoms with Crippen molar-refractivity contribution >= 4 is 21.6 Å². The molecule has 0 amide bonds. The molecule has 1 aromatic carbocycles. The van der Waals surface area contributed by atoms with Crippen molar-refractivity contribution in [2.24, 2.45) is 11.8 Å². The molecule has 0 saturated carbocycles. The van der Waals surface area contributed by atoms with Crippen molar-refractivity contribution in [1.29, 1.82) is 0 Å². The van der Waals surface area contributed by atoms with Gasteiger partial charge in [-0.3, -0.25) is 0 Å². The van der Waals surface area contributed by atoms with E-state index < -0.39 is 0 Å². The van der Waals surface area contributed by atoms with Gasteiger partial charge in [-0.1, -0.05) is 36.7 Å². The lowest BCUT2D eigenvalue weighted by Gasteiger charge is -2.16. The normalized spacial score (nSPS) is 12.9. The molecule has 1 unspecified atom stereocenters. The fourth-order valence-electron chi connectivity index (χ4n) is 1.72. The second kappa shape index (κ2) is 5.69. The standard InChI is InChI=1S/C13H18BrN5/c1-8(2)9(3)7-19-13(16-17-18-19)11-6-10(15)4-5-12(11)14/h4-6,8-9H,7,15H2,1-3H3. The van der Waals surface area contributed by atoms with Crippen LogP contribution in [-0.4, -0.2) is 20.2 Å². The average Bonchev–Trinajstić information content (AvgIpc) is 2.80. The summed E-state index contributed by atoms with van der Waals surface area (Å²) in [5, 5.41) is 12.0. The highest BCUT2D eigenvalue weighted by atomic mass is 79.9. The first-order valence-electron chi connectivity index (χ1n) is 6.30. The molecule has 0 fully saturated rings. The molecule has 0 aliphatic rings. The molecule has 0 radical (unpaired) electrons. The summed E-state index contributed by atoms with van der Waals surface area (Å²) >= 11 is 3.52. The molecular weight excluding hydrogens is 306 g/mol. The first kappa shape index (κ1) is 14.0. The van der Waals surface area contributed by atoms with Crippen LogP contribution < -0.4 is 5.73 Å². The van der Waals surface area contributed by atoms with Crippen molar-refractivity contribution in [2.75, 3.05) is 5.73 Å². The molecule has 1 heterocycles. The molecule has 0 spiro atoms. The van der Waals surface area contributed by atoms with Gasteiger partial charge in [-0.15, -0.1) is 5.10 Å². The lowest BCUT2D eigenvalue weighted by molar-refractivity contribution is 0.347. The summed E-state index contributed by atoms with van der Waals surface area (Å²) in [6.45, 7) is 7.39. The molecule has 1 aromatic heterocycles. The molecule has 2 N–H and O–H groups in total.